The van der Waals surface area contributed by atoms with Crippen LogP contribution in [0, 0.1) is 11.8 Å². The van der Waals surface area contributed by atoms with Gasteiger partial charge in [0.05, 0.1) is 12.2 Å². The van der Waals surface area contributed by atoms with Crippen LogP contribution in [-0.4, -0.2) is 54.8 Å². The first kappa shape index (κ1) is 20.5. The van der Waals surface area contributed by atoms with Crippen LogP contribution in [0.15, 0.2) is 34.2 Å². The Morgan fingerprint density at radius 3 is 2.64 bits per heavy atom. The molecule has 1 aromatic rings. The van der Waals surface area contributed by atoms with Crippen LogP contribution < -0.4 is 11.1 Å². The predicted molar refractivity (Wildman–Crippen MR) is 115 cm³/mol. The molecule has 6 heteroatoms. The Bertz CT molecular complexity index is 540. The summed E-state index contributed by atoms with van der Waals surface area (Å²) in [6.07, 6.45) is 3.42. The van der Waals surface area contributed by atoms with Crippen molar-refractivity contribution in [2.45, 2.75) is 25.2 Å². The van der Waals surface area contributed by atoms with Crippen molar-refractivity contribution in [2.75, 3.05) is 49.3 Å². The molecule has 2 atom stereocenters. The minimum absolute atomic E-state index is 0.707. The van der Waals surface area contributed by atoms with Gasteiger partial charge in [0.1, 0.15) is 0 Å². The first-order valence-electron chi connectivity index (χ1n) is 9.11. The van der Waals surface area contributed by atoms with E-state index < -0.39 is 0 Å². The van der Waals surface area contributed by atoms with Gasteiger partial charge in [-0.2, -0.15) is 11.8 Å². The van der Waals surface area contributed by atoms with E-state index in [-0.39, 0.29) is 0 Å². The van der Waals surface area contributed by atoms with Crippen molar-refractivity contribution in [1.29, 1.82) is 0 Å². The molecule has 0 aliphatic carbocycles. The van der Waals surface area contributed by atoms with Crippen molar-refractivity contribution in [3.8, 4) is 0 Å². The Hall–Kier alpha value is -0.850. The van der Waals surface area contributed by atoms with Crippen molar-refractivity contribution in [2.24, 2.45) is 22.6 Å². The molecule has 3 N–H and O–H groups in total. The normalized spacial score (nSPS) is 21.4. The number of rotatable bonds is 7. The number of nitrogens with one attached hydrogen (secondary N) is 1. The van der Waals surface area contributed by atoms with Crippen LogP contribution in [-0.2, 0) is 0 Å². The fourth-order valence-corrected chi connectivity index (χ4v) is 4.47. The van der Waals surface area contributed by atoms with Crippen molar-refractivity contribution in [1.82, 2.24) is 4.90 Å². The van der Waals surface area contributed by atoms with Crippen molar-refractivity contribution >= 4 is 35.2 Å². The highest BCUT2D eigenvalue weighted by Gasteiger charge is 2.24. The lowest BCUT2D eigenvalue weighted by Crippen LogP contribution is -2.45. The van der Waals surface area contributed by atoms with Gasteiger partial charge in [-0.05, 0) is 36.6 Å². The number of guanidine groups is 1. The summed E-state index contributed by atoms with van der Waals surface area (Å²) in [5.41, 5.74) is 6.72. The van der Waals surface area contributed by atoms with Crippen molar-refractivity contribution in [3.05, 3.63) is 24.3 Å². The van der Waals surface area contributed by atoms with E-state index in [1.54, 1.807) is 11.8 Å². The molecule has 1 fully saturated rings. The second-order valence-corrected chi connectivity index (χ2v) is 8.86. The molecule has 1 heterocycles. The largest absolute Gasteiger partial charge is 0.342 e. The minimum Gasteiger partial charge on any atom is -0.342 e. The number of anilines is 1. The van der Waals surface area contributed by atoms with Gasteiger partial charge in [0.25, 0.3) is 0 Å². The van der Waals surface area contributed by atoms with E-state index in [9.17, 15) is 0 Å². The van der Waals surface area contributed by atoms with Crippen LogP contribution in [0.25, 0.3) is 0 Å². The van der Waals surface area contributed by atoms with Crippen LogP contribution >= 0.6 is 23.5 Å². The molecule has 0 amide bonds. The molecular weight excluding hydrogens is 348 g/mol. The predicted octanol–water partition coefficient (Wildman–Crippen LogP) is 3.85. The maximum absolute atomic E-state index is 5.57. The van der Waals surface area contributed by atoms with E-state index in [1.807, 2.05) is 11.8 Å². The Labute approximate surface area is 161 Å². The number of thioether (sulfide) groups is 2. The number of para-hydroxylation sites is 1. The van der Waals surface area contributed by atoms with Gasteiger partial charge >= 0.3 is 0 Å². The first-order valence-corrected chi connectivity index (χ1v) is 11.5. The monoisotopic (exact) mass is 380 g/mol. The van der Waals surface area contributed by atoms with Crippen LogP contribution in [0.1, 0.15) is 20.3 Å². The highest BCUT2D eigenvalue weighted by molar-refractivity contribution is 7.99. The summed E-state index contributed by atoms with van der Waals surface area (Å²) in [5.74, 6) is 4.46. The highest BCUT2D eigenvalue weighted by Crippen LogP contribution is 2.26. The van der Waals surface area contributed by atoms with Gasteiger partial charge in [0.15, 0.2) is 5.96 Å². The summed E-state index contributed by atoms with van der Waals surface area (Å²) >= 11 is 3.64. The number of benzene rings is 1. The number of likely N-dealkylation sites (tertiary alicyclic amines) is 1. The molecule has 1 aliphatic rings. The topological polar surface area (TPSA) is 53.6 Å². The molecule has 0 saturated carbocycles. The van der Waals surface area contributed by atoms with Gasteiger partial charge in [-0.25, -0.2) is 0 Å². The van der Waals surface area contributed by atoms with Gasteiger partial charge in [-0.1, -0.05) is 26.0 Å². The van der Waals surface area contributed by atoms with Crippen LogP contribution in [0.4, 0.5) is 5.69 Å². The number of hydrogen-bond acceptors (Lipinski definition) is 4. The lowest BCUT2D eigenvalue weighted by molar-refractivity contribution is 0.213. The number of aliphatic imine (C=N–C) groups is 1. The molecule has 1 aromatic carbocycles. The molecule has 4 nitrogen and oxygen atoms in total. The molecule has 0 bridgehead atoms. The molecule has 0 radical (unpaired) electrons. The first-order chi connectivity index (χ1) is 12.1. The molecule has 25 heavy (non-hydrogen) atoms. The second-order valence-electron chi connectivity index (χ2n) is 6.78. The second kappa shape index (κ2) is 11.0. The van der Waals surface area contributed by atoms with Crippen LogP contribution in [0.2, 0.25) is 0 Å². The lowest BCUT2D eigenvalue weighted by Gasteiger charge is -2.37. The van der Waals surface area contributed by atoms with Crippen molar-refractivity contribution < 1.29 is 0 Å². The Balaban J connectivity index is 2.12. The molecule has 0 spiro atoms. The van der Waals surface area contributed by atoms with Crippen LogP contribution in [0.3, 0.4) is 0 Å². The Morgan fingerprint density at radius 2 is 1.96 bits per heavy atom. The smallest absolute Gasteiger partial charge is 0.198 e. The van der Waals surface area contributed by atoms with Gasteiger partial charge in [0, 0.05) is 36.0 Å². The zero-order valence-corrected chi connectivity index (χ0v) is 17.3. The number of nitrogens with zero attached hydrogens (tertiary/aromatic N) is 2. The third-order valence-electron chi connectivity index (χ3n) is 4.28. The number of hydrogen-bond donors (Lipinski definition) is 2. The summed E-state index contributed by atoms with van der Waals surface area (Å²) in [5, 5.41) is 3.62. The third-order valence-corrected chi connectivity index (χ3v) is 6.07. The molecule has 1 aliphatic heterocycles. The highest BCUT2D eigenvalue weighted by atomic mass is 32.2. The van der Waals surface area contributed by atoms with E-state index in [0.29, 0.717) is 11.8 Å². The van der Waals surface area contributed by atoms with Crippen LogP contribution in [0.5, 0.6) is 0 Å². The van der Waals surface area contributed by atoms with E-state index in [0.717, 1.165) is 49.3 Å². The van der Waals surface area contributed by atoms with Gasteiger partial charge in [0.2, 0.25) is 0 Å². The standard InChI is InChI=1S/C19H32N4S2/c1-15-12-16(2)14-23(13-15)19(21-9-11-25-10-8-20)22-17-6-4-5-7-18(17)24-3/h4-7,15-16H,8-14,20H2,1-3H3,(H,21,22). The average molecular weight is 381 g/mol. The summed E-state index contributed by atoms with van der Waals surface area (Å²) in [6.45, 7) is 8.40. The van der Waals surface area contributed by atoms with E-state index >= 15 is 0 Å². The molecule has 1 saturated heterocycles. The van der Waals surface area contributed by atoms with Gasteiger partial charge in [-0.15, -0.1) is 11.8 Å². The van der Waals surface area contributed by atoms with Crippen molar-refractivity contribution in [3.63, 3.8) is 0 Å². The number of piperidine rings is 1. The Kier molecular flexibility index (Phi) is 8.99. The molecule has 2 unspecified atom stereocenters. The Morgan fingerprint density at radius 1 is 1.24 bits per heavy atom. The third kappa shape index (κ3) is 6.76. The summed E-state index contributed by atoms with van der Waals surface area (Å²) in [7, 11) is 0. The average Bonchev–Trinajstić information content (AvgIpc) is 2.60. The fourth-order valence-electron chi connectivity index (χ4n) is 3.32. The quantitative estimate of drug-likeness (QED) is 0.326. The minimum atomic E-state index is 0.707. The summed E-state index contributed by atoms with van der Waals surface area (Å²) in [6, 6.07) is 8.46. The van der Waals surface area contributed by atoms with E-state index in [2.05, 4.69) is 54.6 Å². The van der Waals surface area contributed by atoms with E-state index in [4.69, 9.17) is 10.7 Å². The number of nitrogens with two attached hydrogens (primary N) is 1. The lowest BCUT2D eigenvalue weighted by atomic mass is 9.92. The molecule has 140 valence electrons. The van der Waals surface area contributed by atoms with E-state index in [1.165, 1.54) is 11.3 Å². The van der Waals surface area contributed by atoms with Gasteiger partial charge in [-0.3, -0.25) is 4.99 Å². The SMILES string of the molecule is CSc1ccccc1NC(=NCCSCCN)N1CC(C)CC(C)C1. The fraction of sp³-hybridized carbons (Fsp3) is 0.632. The maximum Gasteiger partial charge on any atom is 0.198 e. The molecule has 0 aromatic heterocycles. The molecule has 2 rings (SSSR count). The maximum atomic E-state index is 5.57. The summed E-state index contributed by atoms with van der Waals surface area (Å²) in [4.78, 5) is 8.61. The molecular formula is C19H32N4S2. The van der Waals surface area contributed by atoms with Gasteiger partial charge < -0.3 is 16.0 Å². The zero-order chi connectivity index (χ0) is 18.1. The zero-order valence-electron chi connectivity index (χ0n) is 15.7. The summed E-state index contributed by atoms with van der Waals surface area (Å²) < 4.78 is 0.